The van der Waals surface area contributed by atoms with Gasteiger partial charge in [0.2, 0.25) is 0 Å². The van der Waals surface area contributed by atoms with Gasteiger partial charge in [0.1, 0.15) is 5.82 Å². The van der Waals surface area contributed by atoms with Crippen molar-refractivity contribution in [3.63, 3.8) is 0 Å². The number of esters is 1. The molecule has 9 nitrogen and oxygen atoms in total. The summed E-state index contributed by atoms with van der Waals surface area (Å²) < 4.78 is 20.7. The maximum absolute atomic E-state index is 13.8. The number of carbonyl (C=O) groups is 1. The van der Waals surface area contributed by atoms with E-state index < -0.39 is 28.3 Å². The molecule has 0 amide bonds. The number of ether oxygens (including phenoxy) is 1. The zero-order valence-corrected chi connectivity index (χ0v) is 21.7. The Morgan fingerprint density at radius 2 is 1.95 bits per heavy atom. The predicted molar refractivity (Wildman–Crippen MR) is 141 cm³/mol. The van der Waals surface area contributed by atoms with Crippen molar-refractivity contribution in [1.82, 2.24) is 4.57 Å². The van der Waals surface area contributed by atoms with Crippen molar-refractivity contribution >= 4 is 34.8 Å². The Bertz CT molecular complexity index is 1630. The van der Waals surface area contributed by atoms with Crippen LogP contribution in [0.5, 0.6) is 0 Å². The molecular formula is C27H25FN4O5S. The quantitative estimate of drug-likeness (QED) is 0.271. The molecule has 0 unspecified atom stereocenters. The lowest BCUT2D eigenvalue weighted by atomic mass is 9.96. The molecule has 5 rings (SSSR count). The van der Waals surface area contributed by atoms with E-state index in [1.165, 1.54) is 41.0 Å². The van der Waals surface area contributed by atoms with Gasteiger partial charge in [-0.1, -0.05) is 23.5 Å². The number of nitro groups is 1. The molecule has 2 aliphatic heterocycles. The molecule has 2 aromatic carbocycles. The fraction of sp³-hybridized carbons (Fsp3) is 0.296. The summed E-state index contributed by atoms with van der Waals surface area (Å²) in [6, 6.07) is 9.40. The molecular weight excluding hydrogens is 511 g/mol. The van der Waals surface area contributed by atoms with Crippen LogP contribution in [-0.4, -0.2) is 35.2 Å². The number of fused-ring (bicyclic) bond motifs is 1. The average Bonchev–Trinajstić information content (AvgIpc) is 3.52. The molecule has 1 atom stereocenters. The van der Waals surface area contributed by atoms with Crippen molar-refractivity contribution in [2.75, 3.05) is 24.6 Å². The minimum atomic E-state index is -0.865. The molecule has 1 saturated heterocycles. The second-order valence-corrected chi connectivity index (χ2v) is 10.1. The number of hydrogen-bond acceptors (Lipinski definition) is 8. The first kappa shape index (κ1) is 25.5. The molecule has 38 heavy (non-hydrogen) atoms. The third-order valence-electron chi connectivity index (χ3n) is 6.66. The summed E-state index contributed by atoms with van der Waals surface area (Å²) in [5, 5.41) is 11.5. The minimum absolute atomic E-state index is 0.0726. The van der Waals surface area contributed by atoms with Gasteiger partial charge in [-0.25, -0.2) is 14.2 Å². The van der Waals surface area contributed by atoms with Gasteiger partial charge in [-0.15, -0.1) is 0 Å². The van der Waals surface area contributed by atoms with Crippen molar-refractivity contribution in [1.29, 1.82) is 0 Å². The summed E-state index contributed by atoms with van der Waals surface area (Å²) in [4.78, 5) is 44.9. The molecule has 0 bridgehead atoms. The molecule has 1 fully saturated rings. The maximum atomic E-state index is 13.8. The number of allylic oxidation sites excluding steroid dienone is 1. The van der Waals surface area contributed by atoms with Crippen LogP contribution in [0, 0.1) is 15.9 Å². The Kier molecular flexibility index (Phi) is 6.94. The molecule has 11 heteroatoms. The molecule has 196 valence electrons. The standard InChI is InChI=1S/C27H25FN4O5S/c1-3-37-26(34)23-16(2)29-27-31(24(23)17-6-8-19(28)9-7-17)25(33)22(38-27)15-18-14-20(32(35)36)10-11-21(18)30-12-4-5-13-30/h6-11,14-15,24H,3-5,12-13H2,1-2H3/b22-15+/t24-/m0/s1. The summed E-state index contributed by atoms with van der Waals surface area (Å²) in [6.45, 7) is 5.15. The summed E-state index contributed by atoms with van der Waals surface area (Å²) in [7, 11) is 0. The lowest BCUT2D eigenvalue weighted by molar-refractivity contribution is -0.384. The fourth-order valence-corrected chi connectivity index (χ4v) is 5.95. The van der Waals surface area contributed by atoms with Gasteiger partial charge < -0.3 is 9.64 Å². The molecule has 0 aliphatic carbocycles. The molecule has 0 saturated carbocycles. The molecule has 3 aromatic rings. The minimum Gasteiger partial charge on any atom is -0.463 e. The van der Waals surface area contributed by atoms with Crippen LogP contribution in [0.3, 0.4) is 0 Å². The van der Waals surface area contributed by atoms with E-state index in [0.29, 0.717) is 26.2 Å². The van der Waals surface area contributed by atoms with E-state index in [9.17, 15) is 24.1 Å². The van der Waals surface area contributed by atoms with Crippen LogP contribution in [0.1, 0.15) is 43.9 Å². The summed E-state index contributed by atoms with van der Waals surface area (Å²) in [5.74, 6) is -1.05. The SMILES string of the molecule is CCOC(=O)C1=C(C)N=c2s/c(=C/c3cc([N+](=O)[O-])ccc3N3CCCC3)c(=O)n2[C@H]1c1ccc(F)cc1. The Morgan fingerprint density at radius 3 is 2.61 bits per heavy atom. The number of carbonyl (C=O) groups excluding carboxylic acids is 1. The fourth-order valence-electron chi connectivity index (χ4n) is 4.91. The number of aromatic nitrogens is 1. The monoisotopic (exact) mass is 536 g/mol. The number of rotatable bonds is 6. The number of non-ortho nitro benzene ring substituents is 1. The highest BCUT2D eigenvalue weighted by atomic mass is 32.1. The molecule has 3 heterocycles. The van der Waals surface area contributed by atoms with Crippen LogP contribution in [0.15, 0.2) is 63.5 Å². The summed E-state index contributed by atoms with van der Waals surface area (Å²) in [5.41, 5.74) is 2.03. The van der Waals surface area contributed by atoms with Gasteiger partial charge in [-0.05, 0) is 56.5 Å². The number of anilines is 1. The van der Waals surface area contributed by atoms with Crippen molar-refractivity contribution in [2.45, 2.75) is 32.7 Å². The van der Waals surface area contributed by atoms with Crippen LogP contribution in [0.4, 0.5) is 15.8 Å². The molecule has 0 radical (unpaired) electrons. The second kappa shape index (κ2) is 10.3. The Balaban J connectivity index is 1.72. The van der Waals surface area contributed by atoms with Crippen LogP contribution < -0.4 is 19.8 Å². The molecule has 2 aliphatic rings. The van der Waals surface area contributed by atoms with E-state index >= 15 is 0 Å². The maximum Gasteiger partial charge on any atom is 0.338 e. The van der Waals surface area contributed by atoms with Crippen molar-refractivity contribution in [2.24, 2.45) is 4.99 Å². The first-order valence-electron chi connectivity index (χ1n) is 12.3. The first-order chi connectivity index (χ1) is 18.3. The number of halogens is 1. The third-order valence-corrected chi connectivity index (χ3v) is 7.64. The zero-order valence-electron chi connectivity index (χ0n) is 20.8. The zero-order chi connectivity index (χ0) is 27.0. The van der Waals surface area contributed by atoms with E-state index in [-0.39, 0.29) is 17.9 Å². The number of benzene rings is 2. The highest BCUT2D eigenvalue weighted by Gasteiger charge is 2.33. The lowest BCUT2D eigenvalue weighted by Gasteiger charge is -2.24. The molecule has 0 spiro atoms. The van der Waals surface area contributed by atoms with Gasteiger partial charge in [0.15, 0.2) is 4.80 Å². The van der Waals surface area contributed by atoms with Gasteiger partial charge in [-0.3, -0.25) is 19.5 Å². The highest BCUT2D eigenvalue weighted by molar-refractivity contribution is 7.07. The molecule has 1 aromatic heterocycles. The molecule has 0 N–H and O–H groups in total. The third kappa shape index (κ3) is 4.65. The Morgan fingerprint density at radius 1 is 1.24 bits per heavy atom. The summed E-state index contributed by atoms with van der Waals surface area (Å²) in [6.07, 6.45) is 3.69. The van der Waals surface area contributed by atoms with E-state index in [0.717, 1.165) is 43.0 Å². The highest BCUT2D eigenvalue weighted by Crippen LogP contribution is 2.31. The van der Waals surface area contributed by atoms with Crippen molar-refractivity contribution in [3.05, 3.63) is 100 Å². The van der Waals surface area contributed by atoms with Crippen LogP contribution in [0.25, 0.3) is 6.08 Å². The van der Waals surface area contributed by atoms with Crippen molar-refractivity contribution < 1.29 is 18.8 Å². The van der Waals surface area contributed by atoms with Gasteiger partial charge in [0.25, 0.3) is 11.2 Å². The second-order valence-electron chi connectivity index (χ2n) is 9.05. The van der Waals surface area contributed by atoms with Crippen LogP contribution in [-0.2, 0) is 9.53 Å². The summed E-state index contributed by atoms with van der Waals surface area (Å²) >= 11 is 1.13. The average molecular weight is 537 g/mol. The van der Waals surface area contributed by atoms with E-state index in [1.807, 2.05) is 0 Å². The van der Waals surface area contributed by atoms with Gasteiger partial charge in [0, 0.05) is 36.5 Å². The topological polar surface area (TPSA) is 107 Å². The van der Waals surface area contributed by atoms with E-state index in [2.05, 4.69) is 9.89 Å². The van der Waals surface area contributed by atoms with Crippen LogP contribution >= 0.6 is 11.3 Å². The Hall–Kier alpha value is -4.12. The Labute approximate surface area is 221 Å². The lowest BCUT2D eigenvalue weighted by Crippen LogP contribution is -2.40. The number of nitrogens with zero attached hydrogens (tertiary/aromatic N) is 4. The van der Waals surface area contributed by atoms with E-state index in [1.54, 1.807) is 26.0 Å². The van der Waals surface area contributed by atoms with E-state index in [4.69, 9.17) is 4.74 Å². The van der Waals surface area contributed by atoms with Gasteiger partial charge >= 0.3 is 5.97 Å². The number of hydrogen-bond donors (Lipinski definition) is 0. The van der Waals surface area contributed by atoms with Crippen molar-refractivity contribution in [3.8, 4) is 0 Å². The largest absolute Gasteiger partial charge is 0.463 e. The first-order valence-corrected chi connectivity index (χ1v) is 13.1. The predicted octanol–water partition coefficient (Wildman–Crippen LogP) is 3.45. The smallest absolute Gasteiger partial charge is 0.338 e. The normalized spacial score (nSPS) is 17.4. The van der Waals surface area contributed by atoms with Gasteiger partial charge in [0.05, 0.1) is 33.4 Å². The van der Waals surface area contributed by atoms with Gasteiger partial charge in [-0.2, -0.15) is 0 Å². The number of nitro benzene ring substituents is 1. The van der Waals surface area contributed by atoms with Crippen LogP contribution in [0.2, 0.25) is 0 Å². The number of thiazole rings is 1.